The van der Waals surface area contributed by atoms with Crippen molar-refractivity contribution < 1.29 is 9.59 Å². The van der Waals surface area contributed by atoms with E-state index in [2.05, 4.69) is 10.6 Å². The van der Waals surface area contributed by atoms with Crippen LogP contribution in [0.2, 0.25) is 0 Å². The highest BCUT2D eigenvalue weighted by molar-refractivity contribution is 5.97. The lowest BCUT2D eigenvalue weighted by molar-refractivity contribution is -0.126. The molecular formula is C15H22N2O2. The molecule has 1 rings (SSSR count). The second kappa shape index (κ2) is 6.36. The zero-order valence-electron chi connectivity index (χ0n) is 12.2. The predicted molar refractivity (Wildman–Crippen MR) is 77.0 cm³/mol. The Morgan fingerprint density at radius 3 is 2.21 bits per heavy atom. The van der Waals surface area contributed by atoms with Gasteiger partial charge in [0.25, 0.3) is 0 Å². The maximum atomic E-state index is 12.2. The van der Waals surface area contributed by atoms with E-state index in [4.69, 9.17) is 0 Å². The van der Waals surface area contributed by atoms with E-state index in [1.807, 2.05) is 45.9 Å². The van der Waals surface area contributed by atoms with Crippen molar-refractivity contribution in [1.29, 1.82) is 0 Å². The molecule has 0 fully saturated rings. The minimum Gasteiger partial charge on any atom is -0.344 e. The summed E-state index contributed by atoms with van der Waals surface area (Å²) >= 11 is 0. The molecule has 2 N–H and O–H groups in total. The fourth-order valence-corrected chi connectivity index (χ4v) is 1.79. The van der Waals surface area contributed by atoms with Crippen LogP contribution in [-0.2, 0) is 9.59 Å². The molecule has 0 saturated carbocycles. The first-order valence-electron chi connectivity index (χ1n) is 6.46. The number of amides is 2. The maximum absolute atomic E-state index is 12.2. The predicted octanol–water partition coefficient (Wildman–Crippen LogP) is 2.40. The molecule has 0 saturated heterocycles. The van der Waals surface area contributed by atoms with Crippen LogP contribution >= 0.6 is 0 Å². The van der Waals surface area contributed by atoms with E-state index < -0.39 is 6.04 Å². The molecule has 0 radical (unpaired) electrons. The monoisotopic (exact) mass is 262 g/mol. The summed E-state index contributed by atoms with van der Waals surface area (Å²) in [5, 5.41) is 5.52. The van der Waals surface area contributed by atoms with Crippen molar-refractivity contribution in [1.82, 2.24) is 5.32 Å². The third-order valence-corrected chi connectivity index (χ3v) is 3.08. The summed E-state index contributed by atoms with van der Waals surface area (Å²) in [6.07, 6.45) is 0. The molecule has 4 nitrogen and oxygen atoms in total. The molecule has 1 aromatic carbocycles. The Kier molecular flexibility index (Phi) is 5.10. The summed E-state index contributed by atoms with van der Waals surface area (Å²) < 4.78 is 0. The number of aryl methyl sites for hydroxylation is 2. The highest BCUT2D eigenvalue weighted by atomic mass is 16.2. The van der Waals surface area contributed by atoms with Crippen molar-refractivity contribution in [2.75, 3.05) is 5.32 Å². The van der Waals surface area contributed by atoms with Crippen LogP contribution in [0.25, 0.3) is 0 Å². The number of benzene rings is 1. The summed E-state index contributed by atoms with van der Waals surface area (Å²) in [6, 6.07) is 5.25. The minimum atomic E-state index is -0.515. The maximum Gasteiger partial charge on any atom is 0.247 e. The molecule has 1 atom stereocenters. The van der Waals surface area contributed by atoms with E-state index in [1.54, 1.807) is 0 Å². The second-order valence-electron chi connectivity index (χ2n) is 5.21. The third kappa shape index (κ3) is 4.39. The highest BCUT2D eigenvalue weighted by Crippen LogP contribution is 2.15. The largest absolute Gasteiger partial charge is 0.344 e. The first kappa shape index (κ1) is 15.2. The van der Waals surface area contributed by atoms with Crippen molar-refractivity contribution in [3.63, 3.8) is 0 Å². The molecule has 19 heavy (non-hydrogen) atoms. The lowest BCUT2D eigenvalue weighted by Crippen LogP contribution is -2.46. The molecular weight excluding hydrogens is 240 g/mol. The standard InChI is InChI=1S/C15H22N2O2/c1-9(2)14(16-12(5)18)15(19)17-13-7-6-10(3)11(4)8-13/h6-9,14H,1-5H3,(H,16,18)(H,17,19). The van der Waals surface area contributed by atoms with Gasteiger partial charge < -0.3 is 10.6 Å². The first-order chi connectivity index (χ1) is 8.81. The Bertz CT molecular complexity index is 481. The molecule has 4 heteroatoms. The summed E-state index contributed by atoms with van der Waals surface area (Å²) in [5.41, 5.74) is 3.06. The molecule has 0 bridgehead atoms. The van der Waals surface area contributed by atoms with Gasteiger partial charge >= 0.3 is 0 Å². The molecule has 0 aliphatic rings. The van der Waals surface area contributed by atoms with E-state index in [1.165, 1.54) is 12.5 Å². The lowest BCUT2D eigenvalue weighted by Gasteiger charge is -2.21. The SMILES string of the molecule is CC(=O)NC(C(=O)Nc1ccc(C)c(C)c1)C(C)C. The van der Waals surface area contributed by atoms with E-state index in [-0.39, 0.29) is 17.7 Å². The van der Waals surface area contributed by atoms with Gasteiger partial charge in [-0.1, -0.05) is 19.9 Å². The number of hydrogen-bond donors (Lipinski definition) is 2. The normalized spacial score (nSPS) is 12.1. The zero-order valence-corrected chi connectivity index (χ0v) is 12.2. The average Bonchev–Trinajstić information content (AvgIpc) is 2.30. The summed E-state index contributed by atoms with van der Waals surface area (Å²) in [4.78, 5) is 23.3. The average molecular weight is 262 g/mol. The van der Waals surface area contributed by atoms with Crippen molar-refractivity contribution in [2.24, 2.45) is 5.92 Å². The van der Waals surface area contributed by atoms with Crippen LogP contribution < -0.4 is 10.6 Å². The number of nitrogens with one attached hydrogen (secondary N) is 2. The Hall–Kier alpha value is -1.84. The Balaban J connectivity index is 2.81. The Labute approximate surface area is 114 Å². The molecule has 0 spiro atoms. The lowest BCUT2D eigenvalue weighted by atomic mass is 10.0. The molecule has 104 valence electrons. The van der Waals surface area contributed by atoms with Gasteiger partial charge in [0.2, 0.25) is 11.8 Å². The quantitative estimate of drug-likeness (QED) is 0.875. The number of carbonyl (C=O) groups excluding carboxylic acids is 2. The van der Waals surface area contributed by atoms with Gasteiger partial charge in [-0.3, -0.25) is 9.59 Å². The van der Waals surface area contributed by atoms with E-state index >= 15 is 0 Å². The number of anilines is 1. The van der Waals surface area contributed by atoms with Gasteiger partial charge in [-0.2, -0.15) is 0 Å². The first-order valence-corrected chi connectivity index (χ1v) is 6.46. The third-order valence-electron chi connectivity index (χ3n) is 3.08. The van der Waals surface area contributed by atoms with Crippen LogP contribution in [0.15, 0.2) is 18.2 Å². The summed E-state index contributed by atoms with van der Waals surface area (Å²) in [6.45, 7) is 9.24. The Morgan fingerprint density at radius 2 is 1.74 bits per heavy atom. The van der Waals surface area contributed by atoms with Crippen molar-refractivity contribution >= 4 is 17.5 Å². The smallest absolute Gasteiger partial charge is 0.247 e. The molecule has 0 heterocycles. The van der Waals surface area contributed by atoms with Crippen LogP contribution in [0.5, 0.6) is 0 Å². The number of hydrogen-bond acceptors (Lipinski definition) is 2. The number of carbonyl (C=O) groups is 2. The second-order valence-corrected chi connectivity index (χ2v) is 5.21. The fourth-order valence-electron chi connectivity index (χ4n) is 1.79. The van der Waals surface area contributed by atoms with E-state index in [0.717, 1.165) is 11.3 Å². The van der Waals surface area contributed by atoms with Crippen LogP contribution in [0.4, 0.5) is 5.69 Å². The molecule has 0 aliphatic heterocycles. The van der Waals surface area contributed by atoms with Crippen LogP contribution in [-0.4, -0.2) is 17.9 Å². The summed E-state index contributed by atoms with van der Waals surface area (Å²) in [7, 11) is 0. The minimum absolute atomic E-state index is 0.0374. The molecule has 1 aromatic rings. The summed E-state index contributed by atoms with van der Waals surface area (Å²) in [5.74, 6) is -0.349. The molecule has 0 aliphatic carbocycles. The van der Waals surface area contributed by atoms with Crippen LogP contribution in [0, 0.1) is 19.8 Å². The Morgan fingerprint density at radius 1 is 1.11 bits per heavy atom. The van der Waals surface area contributed by atoms with Gasteiger partial charge in [-0.25, -0.2) is 0 Å². The van der Waals surface area contributed by atoms with Crippen molar-refractivity contribution in [3.8, 4) is 0 Å². The van der Waals surface area contributed by atoms with Crippen molar-refractivity contribution in [3.05, 3.63) is 29.3 Å². The molecule has 2 amide bonds. The van der Waals surface area contributed by atoms with Gasteiger partial charge in [0, 0.05) is 12.6 Å². The van der Waals surface area contributed by atoms with E-state index in [0.29, 0.717) is 0 Å². The van der Waals surface area contributed by atoms with Crippen LogP contribution in [0.3, 0.4) is 0 Å². The molecule has 0 aromatic heterocycles. The van der Waals surface area contributed by atoms with Gasteiger partial charge in [-0.15, -0.1) is 0 Å². The molecule has 1 unspecified atom stereocenters. The topological polar surface area (TPSA) is 58.2 Å². The van der Waals surface area contributed by atoms with Crippen molar-refractivity contribution in [2.45, 2.75) is 40.7 Å². The fraction of sp³-hybridized carbons (Fsp3) is 0.467. The van der Waals surface area contributed by atoms with Gasteiger partial charge in [0.1, 0.15) is 6.04 Å². The zero-order chi connectivity index (χ0) is 14.6. The van der Waals surface area contributed by atoms with Crippen LogP contribution in [0.1, 0.15) is 31.9 Å². The highest BCUT2D eigenvalue weighted by Gasteiger charge is 2.22. The van der Waals surface area contributed by atoms with Gasteiger partial charge in [0.05, 0.1) is 0 Å². The van der Waals surface area contributed by atoms with Gasteiger partial charge in [0.15, 0.2) is 0 Å². The number of rotatable bonds is 4. The van der Waals surface area contributed by atoms with Gasteiger partial charge in [-0.05, 0) is 43.0 Å². The van der Waals surface area contributed by atoms with E-state index in [9.17, 15) is 9.59 Å².